The van der Waals surface area contributed by atoms with Gasteiger partial charge in [0.2, 0.25) is 0 Å². The van der Waals surface area contributed by atoms with Gasteiger partial charge >= 0.3 is 0 Å². The molecule has 2 N–H and O–H groups in total. The largest absolute Gasteiger partial charge is 0.302 e. The smallest absolute Gasteiger partial charge is 0.0604 e. The summed E-state index contributed by atoms with van der Waals surface area (Å²) in [5.74, 6) is 1.85. The van der Waals surface area contributed by atoms with Crippen molar-refractivity contribution in [1.29, 1.82) is 0 Å². The van der Waals surface area contributed by atoms with Gasteiger partial charge in [0.05, 0.1) is 6.17 Å². The highest BCUT2D eigenvalue weighted by Gasteiger charge is 2.40. The molecule has 2 fully saturated rings. The molecule has 17 heavy (non-hydrogen) atoms. The molecule has 3 nitrogen and oxygen atoms in total. The average Bonchev–Trinajstić information content (AvgIpc) is 2.71. The van der Waals surface area contributed by atoms with Gasteiger partial charge in [0.1, 0.15) is 0 Å². The van der Waals surface area contributed by atoms with Crippen molar-refractivity contribution in [3.8, 4) is 0 Å². The quantitative estimate of drug-likeness (QED) is 0.721. The van der Waals surface area contributed by atoms with E-state index < -0.39 is 0 Å². The van der Waals surface area contributed by atoms with E-state index in [1.807, 2.05) is 0 Å². The second-order valence-corrected chi connectivity index (χ2v) is 5.65. The number of halogens is 1. The molecule has 100 valence electrons. The van der Waals surface area contributed by atoms with Crippen LogP contribution in [0.3, 0.4) is 0 Å². The Bertz CT molecular complexity index is 235. The molecule has 0 aromatic heterocycles. The molecule has 2 rings (SSSR count). The number of nitrogens with one attached hydrogen (secondary N) is 2. The summed E-state index contributed by atoms with van der Waals surface area (Å²) < 4.78 is 13.1. The van der Waals surface area contributed by atoms with Crippen LogP contribution in [0.5, 0.6) is 0 Å². The summed E-state index contributed by atoms with van der Waals surface area (Å²) in [5.41, 5.74) is 0. The van der Waals surface area contributed by atoms with Crippen molar-refractivity contribution in [1.82, 2.24) is 15.8 Å². The van der Waals surface area contributed by atoms with E-state index in [0.717, 1.165) is 31.1 Å². The Hall–Kier alpha value is -0.190. The fourth-order valence-corrected chi connectivity index (χ4v) is 3.66. The van der Waals surface area contributed by atoms with Crippen LogP contribution in [-0.2, 0) is 0 Å². The van der Waals surface area contributed by atoms with Crippen molar-refractivity contribution in [3.05, 3.63) is 0 Å². The molecule has 2 saturated heterocycles. The first-order chi connectivity index (χ1) is 8.22. The second-order valence-electron chi connectivity index (χ2n) is 5.65. The van der Waals surface area contributed by atoms with E-state index in [1.54, 1.807) is 7.05 Å². The van der Waals surface area contributed by atoms with Crippen molar-refractivity contribution in [2.24, 2.45) is 17.8 Å². The molecule has 4 atom stereocenters. The summed E-state index contributed by atoms with van der Waals surface area (Å²) in [6.07, 6.45) is 5.34. The normalized spacial score (nSPS) is 34.9. The molecule has 0 spiro atoms. The Morgan fingerprint density at radius 3 is 2.94 bits per heavy atom. The van der Waals surface area contributed by atoms with Crippen molar-refractivity contribution < 1.29 is 4.48 Å². The summed E-state index contributed by atoms with van der Waals surface area (Å²) in [7, 11) is 1.54. The maximum atomic E-state index is 13.1. The lowest BCUT2D eigenvalue weighted by atomic mass is 9.77. The molecule has 0 aliphatic carbocycles. The predicted molar refractivity (Wildman–Crippen MR) is 68.1 cm³/mol. The van der Waals surface area contributed by atoms with Gasteiger partial charge in [0, 0.05) is 20.1 Å². The van der Waals surface area contributed by atoms with Crippen LogP contribution in [-0.4, -0.2) is 38.0 Å². The van der Waals surface area contributed by atoms with Crippen molar-refractivity contribution in [3.63, 3.8) is 0 Å². The molecule has 2 aliphatic rings. The van der Waals surface area contributed by atoms with Crippen LogP contribution < -0.4 is 10.6 Å². The summed E-state index contributed by atoms with van der Waals surface area (Å²) in [5, 5.41) is 7.98. The fraction of sp³-hybridized carbons (Fsp3) is 1.00. The predicted octanol–water partition coefficient (Wildman–Crippen LogP) is 1.76. The second kappa shape index (κ2) is 6.12. The molecule has 0 amide bonds. The zero-order chi connectivity index (χ0) is 12.3. The minimum absolute atomic E-state index is 0.484. The van der Waals surface area contributed by atoms with Gasteiger partial charge in [0.25, 0.3) is 0 Å². The van der Waals surface area contributed by atoms with E-state index in [-0.39, 0.29) is 0 Å². The third-order valence-corrected chi connectivity index (χ3v) is 4.38. The zero-order valence-corrected chi connectivity index (χ0v) is 11.1. The lowest BCUT2D eigenvalue weighted by Gasteiger charge is -2.33. The van der Waals surface area contributed by atoms with E-state index in [2.05, 4.69) is 17.6 Å². The summed E-state index contributed by atoms with van der Waals surface area (Å²) in [4.78, 5) is 0. The fourth-order valence-electron chi connectivity index (χ4n) is 3.66. The number of piperidine rings is 1. The maximum absolute atomic E-state index is 13.1. The molecular weight excluding hydrogens is 217 g/mol. The maximum Gasteiger partial charge on any atom is 0.0604 e. The number of hydrogen-bond donors (Lipinski definition) is 2. The minimum atomic E-state index is 0.484. The van der Waals surface area contributed by atoms with E-state index >= 15 is 0 Å². The van der Waals surface area contributed by atoms with Gasteiger partial charge in [-0.3, -0.25) is 0 Å². The summed E-state index contributed by atoms with van der Waals surface area (Å²) >= 11 is 0. The Morgan fingerprint density at radius 2 is 2.24 bits per heavy atom. The van der Waals surface area contributed by atoms with E-state index in [4.69, 9.17) is 0 Å². The molecule has 0 bridgehead atoms. The Labute approximate surface area is 104 Å². The Balaban J connectivity index is 1.97. The van der Waals surface area contributed by atoms with Crippen LogP contribution in [0, 0.1) is 17.8 Å². The number of hydrogen-bond acceptors (Lipinski definition) is 3. The standard InChI is InChI=1S/C13H26FN3/c1-3-5-10(9-17(2)14)12-8-16-13-11(12)6-4-7-15-13/h10-13,15-16H,3-9H2,1-2H3. The SMILES string of the molecule is CCCC(CN(C)F)C1CNC2NCCCC21. The van der Waals surface area contributed by atoms with Crippen LogP contribution in [0.1, 0.15) is 32.6 Å². The number of nitrogens with zero attached hydrogens (tertiary/aromatic N) is 1. The van der Waals surface area contributed by atoms with Crippen molar-refractivity contribution in [2.75, 3.05) is 26.7 Å². The van der Waals surface area contributed by atoms with Crippen molar-refractivity contribution in [2.45, 2.75) is 38.8 Å². The van der Waals surface area contributed by atoms with Crippen LogP contribution in [0.4, 0.5) is 4.48 Å². The number of fused-ring (bicyclic) bond motifs is 1. The highest BCUT2D eigenvalue weighted by atomic mass is 19.2. The summed E-state index contributed by atoms with van der Waals surface area (Å²) in [6, 6.07) is 0. The van der Waals surface area contributed by atoms with E-state index in [0.29, 0.717) is 30.5 Å². The third kappa shape index (κ3) is 3.18. The molecule has 0 aromatic rings. The topological polar surface area (TPSA) is 27.3 Å². The highest BCUT2D eigenvalue weighted by Crippen LogP contribution is 2.35. The lowest BCUT2D eigenvalue weighted by Crippen LogP contribution is -2.46. The average molecular weight is 243 g/mol. The number of rotatable bonds is 5. The van der Waals surface area contributed by atoms with Gasteiger partial charge in [-0.25, -0.2) is 0 Å². The lowest BCUT2D eigenvalue weighted by molar-refractivity contribution is 0.0209. The molecule has 2 heterocycles. The minimum Gasteiger partial charge on any atom is -0.302 e. The van der Waals surface area contributed by atoms with Crippen LogP contribution >= 0.6 is 0 Å². The molecule has 0 radical (unpaired) electrons. The van der Waals surface area contributed by atoms with E-state index in [1.165, 1.54) is 12.8 Å². The Kier molecular flexibility index (Phi) is 4.77. The highest BCUT2D eigenvalue weighted by molar-refractivity contribution is 4.94. The molecule has 2 aliphatic heterocycles. The third-order valence-electron chi connectivity index (χ3n) is 4.38. The monoisotopic (exact) mass is 243 g/mol. The summed E-state index contributed by atoms with van der Waals surface area (Å²) in [6.45, 7) is 4.97. The molecule has 0 saturated carbocycles. The van der Waals surface area contributed by atoms with Crippen LogP contribution in [0.15, 0.2) is 0 Å². The van der Waals surface area contributed by atoms with Gasteiger partial charge in [-0.05, 0) is 43.6 Å². The van der Waals surface area contributed by atoms with Gasteiger partial charge in [-0.2, -0.15) is 0 Å². The van der Waals surface area contributed by atoms with E-state index in [9.17, 15) is 4.48 Å². The van der Waals surface area contributed by atoms with Gasteiger partial charge in [-0.1, -0.05) is 13.3 Å². The zero-order valence-electron chi connectivity index (χ0n) is 11.1. The first-order valence-electron chi connectivity index (χ1n) is 7.06. The van der Waals surface area contributed by atoms with Gasteiger partial charge in [-0.15, -0.1) is 9.60 Å². The molecule has 0 aromatic carbocycles. The van der Waals surface area contributed by atoms with Crippen molar-refractivity contribution >= 4 is 0 Å². The first-order valence-corrected chi connectivity index (χ1v) is 7.06. The Morgan fingerprint density at radius 1 is 1.41 bits per heavy atom. The van der Waals surface area contributed by atoms with Crippen LogP contribution in [0.2, 0.25) is 0 Å². The molecule has 4 heteroatoms. The molecule has 4 unspecified atom stereocenters. The first kappa shape index (κ1) is 13.2. The van der Waals surface area contributed by atoms with Gasteiger partial charge in [0.15, 0.2) is 0 Å². The molecular formula is C13H26FN3. The van der Waals surface area contributed by atoms with Gasteiger partial charge < -0.3 is 10.6 Å². The van der Waals surface area contributed by atoms with Crippen LogP contribution in [0.25, 0.3) is 0 Å².